The fourth-order valence-corrected chi connectivity index (χ4v) is 5.02. The third-order valence-electron chi connectivity index (χ3n) is 6.76. The monoisotopic (exact) mass is 450 g/mol. The van der Waals surface area contributed by atoms with E-state index in [2.05, 4.69) is 51.1 Å². The molecular weight excluding hydrogens is 416 g/mol. The Morgan fingerprint density at radius 3 is 2.88 bits per heavy atom. The molecule has 0 bridgehead atoms. The maximum atomic E-state index is 12.9. The summed E-state index contributed by atoms with van der Waals surface area (Å²) in [6.07, 6.45) is 9.69. The summed E-state index contributed by atoms with van der Waals surface area (Å²) in [5.41, 5.74) is 2.99. The third-order valence-corrected chi connectivity index (χ3v) is 6.76. The normalized spacial score (nSPS) is 20.2. The van der Waals surface area contributed by atoms with Crippen LogP contribution >= 0.6 is 0 Å². The largest absolute Gasteiger partial charge is 0.376 e. The van der Waals surface area contributed by atoms with Crippen molar-refractivity contribution in [3.8, 4) is 0 Å². The fourth-order valence-electron chi connectivity index (χ4n) is 5.02. The molecule has 5 rings (SSSR count). The zero-order valence-electron chi connectivity index (χ0n) is 19.6. The fraction of sp³-hybridized carbons (Fsp3) is 0.560. The molecule has 2 N–H and O–H groups in total. The predicted octanol–water partition coefficient (Wildman–Crippen LogP) is 3.93. The number of carbonyl (C=O) groups excluding carboxylic acids is 1. The standard InChI is InChI=1S/C25H34N6O2/c1-17(2)16-33-19-4-3-11-31(15-19)25(32)29-18-7-12-30(13-8-18)22-6-10-26-21-14-28-24-20(23(21)22)5-9-27-24/h5-6,9-10,14,17-19H,3-4,7-8,11-13,15-16H2,1-2H3,(H,27,28)(H,29,32). The number of fused-ring (bicyclic) bond motifs is 3. The summed E-state index contributed by atoms with van der Waals surface area (Å²) in [5.74, 6) is 0.515. The van der Waals surface area contributed by atoms with E-state index in [4.69, 9.17) is 4.74 Å². The van der Waals surface area contributed by atoms with E-state index in [1.165, 1.54) is 5.69 Å². The molecule has 33 heavy (non-hydrogen) atoms. The van der Waals surface area contributed by atoms with Crippen LogP contribution in [-0.2, 0) is 4.74 Å². The van der Waals surface area contributed by atoms with Crippen LogP contribution in [0.15, 0.2) is 30.7 Å². The number of amides is 2. The number of rotatable bonds is 5. The lowest BCUT2D eigenvalue weighted by molar-refractivity contribution is -0.00270. The molecule has 0 radical (unpaired) electrons. The Morgan fingerprint density at radius 1 is 1.21 bits per heavy atom. The number of ether oxygens (including phenoxy) is 1. The van der Waals surface area contributed by atoms with Crippen LogP contribution in [-0.4, -0.2) is 70.8 Å². The Balaban J connectivity index is 1.20. The van der Waals surface area contributed by atoms with Crippen LogP contribution in [0.4, 0.5) is 10.5 Å². The quantitative estimate of drug-likeness (QED) is 0.615. The molecule has 2 fully saturated rings. The summed E-state index contributed by atoms with van der Waals surface area (Å²) < 4.78 is 6.00. The van der Waals surface area contributed by atoms with E-state index in [0.29, 0.717) is 12.5 Å². The number of H-pyrrole nitrogens is 1. The van der Waals surface area contributed by atoms with Gasteiger partial charge in [-0.2, -0.15) is 0 Å². The molecule has 1 atom stereocenters. The molecule has 0 aliphatic carbocycles. The number of hydrogen-bond acceptors (Lipinski definition) is 5. The van der Waals surface area contributed by atoms with E-state index >= 15 is 0 Å². The highest BCUT2D eigenvalue weighted by Gasteiger charge is 2.28. The molecule has 2 aliphatic rings. The molecule has 3 aromatic rings. The lowest BCUT2D eigenvalue weighted by Gasteiger charge is -2.37. The first-order valence-electron chi connectivity index (χ1n) is 12.2. The summed E-state index contributed by atoms with van der Waals surface area (Å²) in [7, 11) is 0. The van der Waals surface area contributed by atoms with Gasteiger partial charge in [-0.3, -0.25) is 4.98 Å². The van der Waals surface area contributed by atoms with Gasteiger partial charge in [0.05, 0.1) is 17.8 Å². The Kier molecular flexibility index (Phi) is 6.35. The minimum Gasteiger partial charge on any atom is -0.376 e. The summed E-state index contributed by atoms with van der Waals surface area (Å²) in [6.45, 7) is 8.39. The Labute approximate surface area is 194 Å². The highest BCUT2D eigenvalue weighted by atomic mass is 16.5. The lowest BCUT2D eigenvalue weighted by Crippen LogP contribution is -2.52. The topological polar surface area (TPSA) is 86.4 Å². The highest BCUT2D eigenvalue weighted by molar-refractivity contribution is 6.09. The van der Waals surface area contributed by atoms with Crippen molar-refractivity contribution >= 4 is 33.7 Å². The number of aromatic amines is 1. The number of likely N-dealkylation sites (tertiary alicyclic amines) is 1. The summed E-state index contributed by atoms with van der Waals surface area (Å²) in [6, 6.07) is 4.42. The van der Waals surface area contributed by atoms with Gasteiger partial charge >= 0.3 is 6.03 Å². The van der Waals surface area contributed by atoms with Gasteiger partial charge in [0.1, 0.15) is 5.65 Å². The molecule has 8 heteroatoms. The van der Waals surface area contributed by atoms with Crippen LogP contribution in [0, 0.1) is 5.92 Å². The van der Waals surface area contributed by atoms with Crippen LogP contribution in [0.5, 0.6) is 0 Å². The number of pyridine rings is 2. The first-order valence-corrected chi connectivity index (χ1v) is 12.2. The number of nitrogens with zero attached hydrogens (tertiary/aromatic N) is 4. The van der Waals surface area contributed by atoms with Gasteiger partial charge in [0.15, 0.2) is 0 Å². The SMILES string of the molecule is CC(C)COC1CCCN(C(=O)NC2CCN(c3ccnc4cnc5[nH]ccc5c34)CC2)C1. The Bertz CT molecular complexity index is 1100. The molecule has 3 aromatic heterocycles. The second-order valence-corrected chi connectivity index (χ2v) is 9.74. The minimum atomic E-state index is 0.0563. The Hall–Kier alpha value is -2.87. The van der Waals surface area contributed by atoms with E-state index < -0.39 is 0 Å². The molecular formula is C25H34N6O2. The zero-order chi connectivity index (χ0) is 22.8. The molecule has 2 saturated heterocycles. The van der Waals surface area contributed by atoms with Gasteiger partial charge in [0.25, 0.3) is 0 Å². The number of piperidine rings is 2. The summed E-state index contributed by atoms with van der Waals surface area (Å²) >= 11 is 0. The molecule has 5 heterocycles. The van der Waals surface area contributed by atoms with Crippen molar-refractivity contribution in [2.24, 2.45) is 5.92 Å². The van der Waals surface area contributed by atoms with Gasteiger partial charge in [-0.25, -0.2) is 9.78 Å². The van der Waals surface area contributed by atoms with Crippen molar-refractivity contribution in [1.29, 1.82) is 0 Å². The molecule has 0 spiro atoms. The molecule has 2 amide bonds. The van der Waals surface area contributed by atoms with Gasteiger partial charge in [-0.05, 0) is 43.7 Å². The Morgan fingerprint density at radius 2 is 2.06 bits per heavy atom. The first kappa shape index (κ1) is 21.9. The van der Waals surface area contributed by atoms with E-state index in [1.54, 1.807) is 0 Å². The van der Waals surface area contributed by atoms with Gasteiger partial charge in [0.2, 0.25) is 0 Å². The highest BCUT2D eigenvalue weighted by Crippen LogP contribution is 2.32. The van der Waals surface area contributed by atoms with Crippen molar-refractivity contribution in [3.05, 3.63) is 30.7 Å². The number of urea groups is 1. The summed E-state index contributed by atoms with van der Waals surface area (Å²) in [4.78, 5) is 29.5. The number of hydrogen-bond donors (Lipinski definition) is 2. The molecule has 176 valence electrons. The average Bonchev–Trinajstić information content (AvgIpc) is 3.32. The van der Waals surface area contributed by atoms with Crippen molar-refractivity contribution in [1.82, 2.24) is 25.2 Å². The van der Waals surface area contributed by atoms with Gasteiger partial charge < -0.3 is 24.8 Å². The smallest absolute Gasteiger partial charge is 0.317 e. The second-order valence-electron chi connectivity index (χ2n) is 9.74. The predicted molar refractivity (Wildman–Crippen MR) is 131 cm³/mol. The van der Waals surface area contributed by atoms with Crippen LogP contribution in [0.3, 0.4) is 0 Å². The first-order chi connectivity index (χ1) is 16.1. The number of aromatic nitrogens is 3. The summed E-state index contributed by atoms with van der Waals surface area (Å²) in [5, 5.41) is 5.53. The number of anilines is 1. The van der Waals surface area contributed by atoms with Gasteiger partial charge in [-0.15, -0.1) is 0 Å². The molecule has 0 saturated carbocycles. The molecule has 8 nitrogen and oxygen atoms in total. The average molecular weight is 451 g/mol. The van der Waals surface area contributed by atoms with Crippen LogP contribution < -0.4 is 10.2 Å². The van der Waals surface area contributed by atoms with Gasteiger partial charge in [0, 0.05) is 67.7 Å². The third kappa shape index (κ3) is 4.76. The number of carbonyl (C=O) groups is 1. The molecule has 0 aromatic carbocycles. The van der Waals surface area contributed by atoms with Crippen LogP contribution in [0.25, 0.3) is 21.9 Å². The van der Waals surface area contributed by atoms with Crippen molar-refractivity contribution in [2.45, 2.75) is 51.7 Å². The maximum Gasteiger partial charge on any atom is 0.317 e. The molecule has 1 unspecified atom stereocenters. The minimum absolute atomic E-state index is 0.0563. The van der Waals surface area contributed by atoms with Crippen LogP contribution in [0.1, 0.15) is 39.5 Å². The number of nitrogens with one attached hydrogen (secondary N) is 2. The zero-order valence-corrected chi connectivity index (χ0v) is 19.6. The van der Waals surface area contributed by atoms with Crippen molar-refractivity contribution in [3.63, 3.8) is 0 Å². The van der Waals surface area contributed by atoms with Crippen molar-refractivity contribution < 1.29 is 9.53 Å². The second kappa shape index (κ2) is 9.55. The maximum absolute atomic E-state index is 12.9. The van der Waals surface area contributed by atoms with E-state index in [-0.39, 0.29) is 18.2 Å². The lowest BCUT2D eigenvalue weighted by atomic mass is 10.0. The van der Waals surface area contributed by atoms with E-state index in [1.807, 2.05) is 23.5 Å². The van der Waals surface area contributed by atoms with E-state index in [0.717, 1.165) is 73.9 Å². The van der Waals surface area contributed by atoms with Gasteiger partial charge in [-0.1, -0.05) is 13.8 Å². The van der Waals surface area contributed by atoms with E-state index in [9.17, 15) is 4.79 Å². The molecule has 2 aliphatic heterocycles. The van der Waals surface area contributed by atoms with Crippen LogP contribution in [0.2, 0.25) is 0 Å². The van der Waals surface area contributed by atoms with Crippen molar-refractivity contribution in [2.75, 3.05) is 37.7 Å².